The Bertz CT molecular complexity index is 1600. The lowest BCUT2D eigenvalue weighted by atomic mass is 10.1. The normalized spacial score (nSPS) is 11.4. The van der Waals surface area contributed by atoms with Crippen molar-refractivity contribution in [1.82, 2.24) is 19.6 Å². The molecule has 3 aromatic heterocycles. The molecule has 1 N–H and O–H groups in total. The summed E-state index contributed by atoms with van der Waals surface area (Å²) in [6.07, 6.45) is -4.86. The molecule has 15 heteroatoms. The molecule has 210 valence electrons. The van der Waals surface area contributed by atoms with E-state index >= 15 is 0 Å². The van der Waals surface area contributed by atoms with Gasteiger partial charge in [0.05, 0.1) is 31.6 Å². The lowest BCUT2D eigenvalue weighted by Gasteiger charge is -2.10. The van der Waals surface area contributed by atoms with Crippen LogP contribution in [0.5, 0.6) is 5.75 Å². The minimum atomic E-state index is -4.86. The standard InChI is InChI=1S/C25H22F3N5O6S/c1-5-38-22(35)17-12(3)18(23(36)39-6-2)40-21(17)31-20(34)19-30-24-29-15(13-7-9-14(37-4)10-8-13)11-16(25(26,27)28)33(24)32-19/h7-11H,5-6H2,1-4H3,(H,31,34). The number of nitrogens with zero attached hydrogens (tertiary/aromatic N) is 4. The monoisotopic (exact) mass is 577 g/mol. The summed E-state index contributed by atoms with van der Waals surface area (Å²) >= 11 is 0.753. The Morgan fingerprint density at radius 3 is 2.27 bits per heavy atom. The molecular weight excluding hydrogens is 555 g/mol. The lowest BCUT2D eigenvalue weighted by Crippen LogP contribution is -2.17. The Kier molecular flexibility index (Phi) is 8.04. The van der Waals surface area contributed by atoms with Crippen LogP contribution in [0.2, 0.25) is 0 Å². The van der Waals surface area contributed by atoms with E-state index in [9.17, 15) is 27.6 Å². The fraction of sp³-hybridized carbons (Fsp3) is 0.280. The third-order valence-corrected chi connectivity index (χ3v) is 6.69. The third-order valence-electron chi connectivity index (χ3n) is 5.51. The molecule has 0 aliphatic heterocycles. The second-order valence-corrected chi connectivity index (χ2v) is 9.08. The van der Waals surface area contributed by atoms with E-state index in [1.165, 1.54) is 26.2 Å². The topological polar surface area (TPSA) is 134 Å². The largest absolute Gasteiger partial charge is 0.497 e. The number of halogens is 3. The van der Waals surface area contributed by atoms with Crippen LogP contribution in [-0.4, -0.2) is 57.8 Å². The van der Waals surface area contributed by atoms with Crippen LogP contribution < -0.4 is 10.1 Å². The number of ether oxygens (including phenoxy) is 3. The van der Waals surface area contributed by atoms with Gasteiger partial charge in [-0.05, 0) is 56.7 Å². The number of carbonyl (C=O) groups is 3. The second-order valence-electron chi connectivity index (χ2n) is 8.06. The van der Waals surface area contributed by atoms with Crippen molar-refractivity contribution >= 4 is 40.0 Å². The van der Waals surface area contributed by atoms with Crippen molar-refractivity contribution in [2.24, 2.45) is 0 Å². The molecule has 4 rings (SSSR count). The molecule has 0 spiro atoms. The smallest absolute Gasteiger partial charge is 0.433 e. The number of alkyl halides is 3. The number of anilines is 1. The Hall–Kier alpha value is -4.53. The number of amides is 1. The highest BCUT2D eigenvalue weighted by atomic mass is 32.1. The zero-order chi connectivity index (χ0) is 29.2. The van der Waals surface area contributed by atoms with Crippen LogP contribution in [0.1, 0.15) is 55.8 Å². The molecule has 4 aromatic rings. The fourth-order valence-electron chi connectivity index (χ4n) is 3.68. The minimum Gasteiger partial charge on any atom is -0.497 e. The van der Waals surface area contributed by atoms with Gasteiger partial charge in [0, 0.05) is 5.56 Å². The van der Waals surface area contributed by atoms with Gasteiger partial charge in [-0.3, -0.25) is 4.79 Å². The summed E-state index contributed by atoms with van der Waals surface area (Å²) in [6.45, 7) is 4.76. The highest BCUT2D eigenvalue weighted by molar-refractivity contribution is 7.18. The van der Waals surface area contributed by atoms with Crippen LogP contribution in [0.15, 0.2) is 30.3 Å². The van der Waals surface area contributed by atoms with Crippen LogP contribution in [-0.2, 0) is 15.7 Å². The molecule has 0 unspecified atom stereocenters. The van der Waals surface area contributed by atoms with Crippen LogP contribution in [0.4, 0.5) is 18.2 Å². The van der Waals surface area contributed by atoms with E-state index in [-0.39, 0.29) is 39.9 Å². The number of fused-ring (bicyclic) bond motifs is 1. The second kappa shape index (κ2) is 11.3. The lowest BCUT2D eigenvalue weighted by molar-refractivity contribution is -0.142. The van der Waals surface area contributed by atoms with Crippen molar-refractivity contribution in [1.29, 1.82) is 0 Å². The molecule has 0 bridgehead atoms. The van der Waals surface area contributed by atoms with Crippen molar-refractivity contribution in [3.8, 4) is 17.0 Å². The zero-order valence-electron chi connectivity index (χ0n) is 21.6. The van der Waals surface area contributed by atoms with Gasteiger partial charge in [-0.1, -0.05) is 0 Å². The van der Waals surface area contributed by atoms with E-state index in [2.05, 4.69) is 20.4 Å². The number of hydrogen-bond donors (Lipinski definition) is 1. The molecule has 0 aliphatic rings. The maximum Gasteiger partial charge on any atom is 0.433 e. The minimum absolute atomic E-state index is 0.0205. The Balaban J connectivity index is 1.76. The SMILES string of the molecule is CCOC(=O)c1sc(NC(=O)c2nc3nc(-c4ccc(OC)cc4)cc(C(F)(F)F)n3n2)c(C(=O)OCC)c1C. The number of hydrogen-bond acceptors (Lipinski definition) is 10. The number of rotatable bonds is 8. The van der Waals surface area contributed by atoms with E-state index in [1.807, 2.05) is 0 Å². The van der Waals surface area contributed by atoms with Gasteiger partial charge < -0.3 is 19.5 Å². The number of methoxy groups -OCH3 is 1. The van der Waals surface area contributed by atoms with Gasteiger partial charge in [-0.25, -0.2) is 14.6 Å². The molecule has 11 nitrogen and oxygen atoms in total. The Morgan fingerprint density at radius 2 is 1.68 bits per heavy atom. The van der Waals surface area contributed by atoms with Crippen LogP contribution in [0, 0.1) is 6.92 Å². The van der Waals surface area contributed by atoms with Gasteiger partial charge in [-0.15, -0.1) is 16.4 Å². The average Bonchev–Trinajstić information content (AvgIpc) is 3.48. The molecule has 0 fully saturated rings. The average molecular weight is 578 g/mol. The van der Waals surface area contributed by atoms with Gasteiger partial charge in [0.1, 0.15) is 15.6 Å². The first-order chi connectivity index (χ1) is 19.0. The Morgan fingerprint density at radius 1 is 1.02 bits per heavy atom. The number of thiophene rings is 1. The van der Waals surface area contributed by atoms with Crippen LogP contribution >= 0.6 is 11.3 Å². The molecular formula is C25H22F3N5O6S. The van der Waals surface area contributed by atoms with Gasteiger partial charge in [-0.2, -0.15) is 22.7 Å². The van der Waals surface area contributed by atoms with Crippen LogP contribution in [0.25, 0.3) is 17.0 Å². The van der Waals surface area contributed by atoms with E-state index in [0.29, 0.717) is 15.8 Å². The van der Waals surface area contributed by atoms with E-state index in [1.54, 1.807) is 26.0 Å². The van der Waals surface area contributed by atoms with Gasteiger partial charge in [0.15, 0.2) is 5.69 Å². The van der Waals surface area contributed by atoms with Gasteiger partial charge >= 0.3 is 18.1 Å². The number of aromatic nitrogens is 4. The molecule has 1 aromatic carbocycles. The fourth-order valence-corrected chi connectivity index (χ4v) is 4.76. The maximum atomic E-state index is 14.0. The highest BCUT2D eigenvalue weighted by Crippen LogP contribution is 2.35. The number of benzene rings is 1. The highest BCUT2D eigenvalue weighted by Gasteiger charge is 2.36. The van der Waals surface area contributed by atoms with E-state index < -0.39 is 41.3 Å². The summed E-state index contributed by atoms with van der Waals surface area (Å²) in [6, 6.07) is 6.97. The van der Waals surface area contributed by atoms with E-state index in [0.717, 1.165) is 17.4 Å². The Labute approximate surface area is 228 Å². The predicted octanol–water partition coefficient (Wildman–Crippen LogP) is 4.79. The predicted molar refractivity (Wildman–Crippen MR) is 137 cm³/mol. The molecule has 40 heavy (non-hydrogen) atoms. The van der Waals surface area contributed by atoms with Crippen molar-refractivity contribution in [3.05, 3.63) is 57.9 Å². The molecule has 0 radical (unpaired) electrons. The van der Waals surface area contributed by atoms with Crippen molar-refractivity contribution in [2.75, 3.05) is 25.6 Å². The first-order valence-electron chi connectivity index (χ1n) is 11.8. The van der Waals surface area contributed by atoms with Crippen molar-refractivity contribution in [3.63, 3.8) is 0 Å². The number of carbonyl (C=O) groups excluding carboxylic acids is 3. The van der Waals surface area contributed by atoms with Crippen LogP contribution in [0.3, 0.4) is 0 Å². The summed E-state index contributed by atoms with van der Waals surface area (Å²) < 4.78 is 57.4. The van der Waals surface area contributed by atoms with Gasteiger partial charge in [0.25, 0.3) is 11.7 Å². The van der Waals surface area contributed by atoms with Crippen molar-refractivity contribution < 1.29 is 41.8 Å². The number of nitrogens with one attached hydrogen (secondary N) is 1. The summed E-state index contributed by atoms with van der Waals surface area (Å²) in [5, 5.41) is 6.06. The molecule has 0 aliphatic carbocycles. The van der Waals surface area contributed by atoms with E-state index in [4.69, 9.17) is 14.2 Å². The number of esters is 2. The summed E-state index contributed by atoms with van der Waals surface area (Å²) in [7, 11) is 1.45. The third kappa shape index (κ3) is 5.59. The van der Waals surface area contributed by atoms with Gasteiger partial charge in [0.2, 0.25) is 5.82 Å². The summed E-state index contributed by atoms with van der Waals surface area (Å²) in [5.74, 6) is -3.19. The molecule has 1 amide bonds. The molecule has 0 atom stereocenters. The first kappa shape index (κ1) is 28.5. The quantitative estimate of drug-likeness (QED) is 0.293. The maximum absolute atomic E-state index is 14.0. The summed E-state index contributed by atoms with van der Waals surface area (Å²) in [5.41, 5.74) is -0.797. The zero-order valence-corrected chi connectivity index (χ0v) is 22.4. The molecule has 0 saturated carbocycles. The molecule has 0 saturated heterocycles. The summed E-state index contributed by atoms with van der Waals surface area (Å²) in [4.78, 5) is 46.2. The van der Waals surface area contributed by atoms with Crippen molar-refractivity contribution in [2.45, 2.75) is 26.9 Å². The first-order valence-corrected chi connectivity index (χ1v) is 12.6. The molecule has 3 heterocycles.